The lowest BCUT2D eigenvalue weighted by atomic mass is 9.89. The number of rotatable bonds is 3. The number of fused-ring (bicyclic) bond motifs is 6. The largest absolute Gasteiger partial charge is 0.346 e. The number of H-pyrrole nitrogens is 1. The lowest BCUT2D eigenvalue weighted by Crippen LogP contribution is -2.28. The molecule has 4 aromatic rings. The summed E-state index contributed by atoms with van der Waals surface area (Å²) in [7, 11) is 0. The average Bonchev–Trinajstić information content (AvgIpc) is 3.56. The second-order valence-electron chi connectivity index (χ2n) is 10.2. The molecule has 0 spiro atoms. The Labute approximate surface area is 186 Å². The highest BCUT2D eigenvalue weighted by Gasteiger charge is 2.42. The molecule has 31 heavy (non-hydrogen) atoms. The monoisotopic (exact) mass is 431 g/mol. The molecule has 2 bridgehead atoms. The fraction of sp³-hybridized carbons (Fsp3) is 0.520. The first-order valence-electron chi connectivity index (χ1n) is 11.8. The molecule has 1 saturated carbocycles. The van der Waals surface area contributed by atoms with E-state index in [1.54, 1.807) is 11.2 Å². The molecule has 0 aromatic carbocycles. The van der Waals surface area contributed by atoms with Crippen molar-refractivity contribution in [3.8, 4) is 11.3 Å². The Morgan fingerprint density at radius 1 is 1.19 bits per heavy atom. The van der Waals surface area contributed by atoms with Gasteiger partial charge in [0.05, 0.1) is 5.69 Å². The maximum absolute atomic E-state index is 4.54. The van der Waals surface area contributed by atoms with Crippen LogP contribution in [0.3, 0.4) is 0 Å². The summed E-state index contributed by atoms with van der Waals surface area (Å²) in [6, 6.07) is 0.743. The van der Waals surface area contributed by atoms with Crippen molar-refractivity contribution in [3.05, 3.63) is 39.7 Å². The van der Waals surface area contributed by atoms with E-state index in [0.29, 0.717) is 5.92 Å². The summed E-state index contributed by atoms with van der Waals surface area (Å²) >= 11 is 2.03. The number of thiophene rings is 1. The molecule has 1 saturated heterocycles. The van der Waals surface area contributed by atoms with Crippen LogP contribution in [0, 0.1) is 12.8 Å². The SMILES string of the molecule is Cc1c(C2C[C@@H]3CC2CN3)sc2[nH]c(-c3cn4ncnc4c4c3CCC4)c(C(C)C)c12. The van der Waals surface area contributed by atoms with Crippen LogP contribution in [0.2, 0.25) is 0 Å². The number of nitrogens with one attached hydrogen (secondary N) is 2. The molecule has 0 radical (unpaired) electrons. The van der Waals surface area contributed by atoms with E-state index in [1.165, 1.54) is 69.5 Å². The predicted octanol–water partition coefficient (Wildman–Crippen LogP) is 5.33. The van der Waals surface area contributed by atoms with E-state index >= 15 is 0 Å². The minimum Gasteiger partial charge on any atom is -0.346 e. The molecule has 5 heterocycles. The normalized spacial score (nSPS) is 25.0. The third-order valence-electron chi connectivity index (χ3n) is 8.15. The molecular formula is C25H29N5S. The van der Waals surface area contributed by atoms with Crippen LogP contribution in [-0.4, -0.2) is 32.2 Å². The van der Waals surface area contributed by atoms with E-state index in [1.807, 2.05) is 15.9 Å². The van der Waals surface area contributed by atoms with E-state index < -0.39 is 0 Å². The van der Waals surface area contributed by atoms with Crippen molar-refractivity contribution in [2.45, 2.75) is 70.8 Å². The lowest BCUT2D eigenvalue weighted by molar-refractivity contribution is 0.445. The summed E-state index contributed by atoms with van der Waals surface area (Å²) in [5.41, 5.74) is 9.59. The van der Waals surface area contributed by atoms with E-state index in [9.17, 15) is 0 Å². The average molecular weight is 432 g/mol. The van der Waals surface area contributed by atoms with Gasteiger partial charge in [-0.3, -0.25) is 0 Å². The first kappa shape index (κ1) is 18.4. The van der Waals surface area contributed by atoms with Gasteiger partial charge in [-0.15, -0.1) is 11.3 Å². The molecular weight excluding hydrogens is 402 g/mol. The van der Waals surface area contributed by atoms with Gasteiger partial charge in [0.1, 0.15) is 11.2 Å². The quantitative estimate of drug-likeness (QED) is 0.461. The first-order chi connectivity index (χ1) is 15.1. The van der Waals surface area contributed by atoms with Crippen molar-refractivity contribution in [2.75, 3.05) is 6.54 Å². The smallest absolute Gasteiger partial charge is 0.158 e. The number of aromatic nitrogens is 4. The van der Waals surface area contributed by atoms with Crippen LogP contribution in [0.15, 0.2) is 12.5 Å². The summed E-state index contributed by atoms with van der Waals surface area (Å²) in [5, 5.41) is 9.67. The van der Waals surface area contributed by atoms with Crippen LogP contribution in [0.1, 0.15) is 72.1 Å². The van der Waals surface area contributed by atoms with Gasteiger partial charge < -0.3 is 10.3 Å². The Kier molecular flexibility index (Phi) is 3.81. The third kappa shape index (κ3) is 2.46. The molecule has 2 aliphatic carbocycles. The Hall–Kier alpha value is -2.18. The van der Waals surface area contributed by atoms with Gasteiger partial charge in [-0.05, 0) is 80.0 Å². The molecule has 3 atom stereocenters. The molecule has 2 fully saturated rings. The second-order valence-corrected chi connectivity index (χ2v) is 11.2. The molecule has 0 amide bonds. The van der Waals surface area contributed by atoms with Crippen LogP contribution in [0.5, 0.6) is 0 Å². The van der Waals surface area contributed by atoms with Gasteiger partial charge in [0, 0.05) is 33.6 Å². The molecule has 7 rings (SSSR count). The molecule has 2 unspecified atom stereocenters. The summed E-state index contributed by atoms with van der Waals surface area (Å²) < 4.78 is 1.99. The van der Waals surface area contributed by atoms with Gasteiger partial charge in [0.25, 0.3) is 0 Å². The van der Waals surface area contributed by atoms with Crippen LogP contribution >= 0.6 is 11.3 Å². The zero-order valence-electron chi connectivity index (χ0n) is 18.5. The van der Waals surface area contributed by atoms with Crippen molar-refractivity contribution in [3.63, 3.8) is 0 Å². The van der Waals surface area contributed by atoms with Gasteiger partial charge in [-0.25, -0.2) is 9.50 Å². The summed E-state index contributed by atoms with van der Waals surface area (Å²) in [6.45, 7) is 8.27. The number of pyridine rings is 1. The van der Waals surface area contributed by atoms with E-state index in [-0.39, 0.29) is 0 Å². The van der Waals surface area contributed by atoms with Crippen molar-refractivity contribution in [1.29, 1.82) is 0 Å². The highest BCUT2D eigenvalue weighted by Crippen LogP contribution is 2.51. The number of hydrogen-bond donors (Lipinski definition) is 2. The Bertz CT molecular complexity index is 1340. The van der Waals surface area contributed by atoms with Crippen LogP contribution in [0.25, 0.3) is 27.1 Å². The van der Waals surface area contributed by atoms with E-state index in [0.717, 1.165) is 36.4 Å². The fourth-order valence-electron chi connectivity index (χ4n) is 6.81. The summed E-state index contributed by atoms with van der Waals surface area (Å²) in [5.74, 6) is 2.04. The minimum atomic E-state index is 0.468. The maximum atomic E-state index is 4.54. The molecule has 160 valence electrons. The first-order valence-corrected chi connectivity index (χ1v) is 12.6. The minimum absolute atomic E-state index is 0.468. The topological polar surface area (TPSA) is 58.0 Å². The zero-order chi connectivity index (χ0) is 20.9. The van der Waals surface area contributed by atoms with Gasteiger partial charge in [-0.1, -0.05) is 13.8 Å². The third-order valence-corrected chi connectivity index (χ3v) is 9.48. The molecule has 5 nitrogen and oxygen atoms in total. The second kappa shape index (κ2) is 6.42. The van der Waals surface area contributed by atoms with Crippen molar-refractivity contribution >= 4 is 27.2 Å². The van der Waals surface area contributed by atoms with Crippen LogP contribution in [-0.2, 0) is 12.8 Å². The predicted molar refractivity (Wildman–Crippen MR) is 126 cm³/mol. The number of nitrogens with zero attached hydrogens (tertiary/aromatic N) is 3. The van der Waals surface area contributed by atoms with Crippen molar-refractivity contribution < 1.29 is 0 Å². The number of hydrogen-bond acceptors (Lipinski definition) is 4. The highest BCUT2D eigenvalue weighted by atomic mass is 32.1. The molecule has 4 aromatic heterocycles. The number of piperidine rings is 1. The maximum Gasteiger partial charge on any atom is 0.158 e. The zero-order valence-corrected chi connectivity index (χ0v) is 19.3. The molecule has 3 aliphatic rings. The van der Waals surface area contributed by atoms with Gasteiger partial charge in [-0.2, -0.15) is 5.10 Å². The highest BCUT2D eigenvalue weighted by molar-refractivity contribution is 7.19. The summed E-state index contributed by atoms with van der Waals surface area (Å²) in [6.07, 6.45) is 10.0. The van der Waals surface area contributed by atoms with Crippen molar-refractivity contribution in [1.82, 2.24) is 24.9 Å². The lowest BCUT2D eigenvalue weighted by Gasteiger charge is -2.22. The standard InChI is InChI=1S/C25H29N5S/c1-12(2)20-21-13(3)23(18-8-15-7-14(18)9-26-15)31-25(21)29-22(20)19-10-30-24(27-11-28-30)17-6-4-5-16(17)19/h10-12,14-15,18,26,29H,4-9H2,1-3H3/t14?,15-,18?/m0/s1. The Morgan fingerprint density at radius 2 is 2.06 bits per heavy atom. The van der Waals surface area contributed by atoms with Crippen LogP contribution in [0.4, 0.5) is 0 Å². The molecule has 6 heteroatoms. The molecule has 1 aliphatic heterocycles. The number of aromatic amines is 1. The summed E-state index contributed by atoms with van der Waals surface area (Å²) in [4.78, 5) is 11.5. The van der Waals surface area contributed by atoms with E-state index in [2.05, 4.69) is 47.4 Å². The van der Waals surface area contributed by atoms with Crippen molar-refractivity contribution in [2.24, 2.45) is 5.92 Å². The van der Waals surface area contributed by atoms with Gasteiger partial charge in [0.15, 0.2) is 5.65 Å². The van der Waals surface area contributed by atoms with Gasteiger partial charge >= 0.3 is 0 Å². The van der Waals surface area contributed by atoms with Gasteiger partial charge in [0.2, 0.25) is 0 Å². The van der Waals surface area contributed by atoms with Crippen LogP contribution < -0.4 is 5.32 Å². The Morgan fingerprint density at radius 3 is 2.84 bits per heavy atom. The molecule has 2 N–H and O–H groups in total. The van der Waals surface area contributed by atoms with E-state index in [4.69, 9.17) is 0 Å². The Balaban J connectivity index is 1.44. The number of aryl methyl sites for hydroxylation is 2. The fourth-order valence-corrected chi connectivity index (χ4v) is 8.25.